The molecular weight excluding hydrogens is 236 g/mol. The van der Waals surface area contributed by atoms with Crippen molar-refractivity contribution in [1.82, 2.24) is 5.32 Å². The lowest BCUT2D eigenvalue weighted by Crippen LogP contribution is -2.24. The number of ether oxygens (including phenoxy) is 1. The summed E-state index contributed by atoms with van der Waals surface area (Å²) in [5.74, 6) is -0.814. The summed E-state index contributed by atoms with van der Waals surface area (Å²) in [5, 5.41) is 3.13. The first kappa shape index (κ1) is 13.4. The highest BCUT2D eigenvalue weighted by molar-refractivity contribution is 5.21. The molecule has 1 aliphatic rings. The fourth-order valence-electron chi connectivity index (χ4n) is 1.85. The highest BCUT2D eigenvalue weighted by Gasteiger charge is 2.21. The van der Waals surface area contributed by atoms with E-state index in [0.717, 1.165) is 18.6 Å². The Balaban J connectivity index is 1.72. The molecule has 100 valence electrons. The Labute approximate surface area is 106 Å². The van der Waals surface area contributed by atoms with Crippen molar-refractivity contribution < 1.29 is 13.5 Å². The maximum atomic E-state index is 13.5. The summed E-state index contributed by atoms with van der Waals surface area (Å²) in [6.45, 7) is 3.89. The minimum atomic E-state index is -0.800. The van der Waals surface area contributed by atoms with E-state index in [4.69, 9.17) is 4.74 Å². The minimum absolute atomic E-state index is 0.217. The Morgan fingerprint density at radius 1 is 1.39 bits per heavy atom. The van der Waals surface area contributed by atoms with Crippen molar-refractivity contribution in [2.75, 3.05) is 19.8 Å². The number of benzene rings is 1. The normalized spacial score (nSPS) is 16.8. The predicted octanol–water partition coefficient (Wildman–Crippen LogP) is 3.04. The number of nitrogens with one attached hydrogen (secondary N) is 1. The Kier molecular flexibility index (Phi) is 4.66. The van der Waals surface area contributed by atoms with Gasteiger partial charge in [-0.25, -0.2) is 8.78 Å². The first-order chi connectivity index (χ1) is 8.68. The average molecular weight is 255 g/mol. The molecule has 1 aromatic carbocycles. The second-order valence-corrected chi connectivity index (χ2v) is 4.84. The Morgan fingerprint density at radius 3 is 2.89 bits per heavy atom. The molecule has 0 spiro atoms. The largest absolute Gasteiger partial charge is 0.380 e. The van der Waals surface area contributed by atoms with E-state index < -0.39 is 11.6 Å². The topological polar surface area (TPSA) is 21.3 Å². The third kappa shape index (κ3) is 3.75. The van der Waals surface area contributed by atoms with Crippen molar-refractivity contribution in [1.29, 1.82) is 0 Å². The Hall–Kier alpha value is -1.00. The van der Waals surface area contributed by atoms with Crippen LogP contribution in [0, 0.1) is 17.6 Å². The van der Waals surface area contributed by atoms with Crippen LogP contribution in [0.5, 0.6) is 0 Å². The fraction of sp³-hybridized carbons (Fsp3) is 0.571. The van der Waals surface area contributed by atoms with Crippen molar-refractivity contribution in [2.24, 2.45) is 5.92 Å². The van der Waals surface area contributed by atoms with Gasteiger partial charge in [0, 0.05) is 24.8 Å². The number of rotatable bonds is 7. The van der Waals surface area contributed by atoms with Gasteiger partial charge < -0.3 is 10.1 Å². The first-order valence-corrected chi connectivity index (χ1v) is 6.43. The molecule has 0 aliphatic heterocycles. The van der Waals surface area contributed by atoms with E-state index in [2.05, 4.69) is 5.32 Å². The molecule has 0 aromatic heterocycles. The van der Waals surface area contributed by atoms with Crippen molar-refractivity contribution in [3.63, 3.8) is 0 Å². The van der Waals surface area contributed by atoms with E-state index in [1.165, 1.54) is 18.9 Å². The average Bonchev–Trinajstić information content (AvgIpc) is 3.16. The second kappa shape index (κ2) is 6.25. The zero-order valence-electron chi connectivity index (χ0n) is 10.6. The lowest BCUT2D eigenvalue weighted by atomic mass is 10.1. The smallest absolute Gasteiger partial charge is 0.163 e. The summed E-state index contributed by atoms with van der Waals surface area (Å²) in [4.78, 5) is 0. The van der Waals surface area contributed by atoms with Gasteiger partial charge in [-0.3, -0.25) is 0 Å². The van der Waals surface area contributed by atoms with Crippen LogP contribution in [-0.2, 0) is 4.74 Å². The summed E-state index contributed by atoms with van der Waals surface area (Å²) in [6, 6.07) is 4.03. The second-order valence-electron chi connectivity index (χ2n) is 4.84. The quantitative estimate of drug-likeness (QED) is 0.756. The predicted molar refractivity (Wildman–Crippen MR) is 66.3 cm³/mol. The Morgan fingerprint density at radius 2 is 2.17 bits per heavy atom. The van der Waals surface area contributed by atoms with Crippen LogP contribution >= 0.6 is 0 Å². The Bertz CT molecular complexity index is 393. The van der Waals surface area contributed by atoms with Crippen molar-refractivity contribution >= 4 is 0 Å². The fourth-order valence-corrected chi connectivity index (χ4v) is 1.85. The third-order valence-electron chi connectivity index (χ3n) is 3.20. The number of hydrogen-bond acceptors (Lipinski definition) is 2. The van der Waals surface area contributed by atoms with Crippen LogP contribution in [0.15, 0.2) is 18.2 Å². The van der Waals surface area contributed by atoms with Crippen LogP contribution in [0.4, 0.5) is 8.78 Å². The molecule has 4 heteroatoms. The SMILES string of the molecule is CC(NCCOCC1CC1)c1cccc(F)c1F. The molecule has 1 N–H and O–H groups in total. The highest BCUT2D eigenvalue weighted by Crippen LogP contribution is 2.28. The van der Waals surface area contributed by atoms with Crippen LogP contribution < -0.4 is 5.32 Å². The van der Waals surface area contributed by atoms with Gasteiger partial charge in [0.15, 0.2) is 11.6 Å². The van der Waals surface area contributed by atoms with E-state index in [1.807, 2.05) is 6.92 Å². The van der Waals surface area contributed by atoms with Gasteiger partial charge in [0.25, 0.3) is 0 Å². The van der Waals surface area contributed by atoms with Gasteiger partial charge in [0.2, 0.25) is 0 Å². The van der Waals surface area contributed by atoms with Gasteiger partial charge >= 0.3 is 0 Å². The molecule has 0 radical (unpaired) electrons. The summed E-state index contributed by atoms with van der Waals surface area (Å²) < 4.78 is 32.0. The van der Waals surface area contributed by atoms with Crippen LogP contribution in [-0.4, -0.2) is 19.8 Å². The standard InChI is InChI=1S/C14H19F2NO/c1-10(12-3-2-4-13(15)14(12)16)17-7-8-18-9-11-5-6-11/h2-4,10-11,17H,5-9H2,1H3. The zero-order chi connectivity index (χ0) is 13.0. The molecule has 0 saturated heterocycles. The highest BCUT2D eigenvalue weighted by atomic mass is 19.2. The molecular formula is C14H19F2NO. The van der Waals surface area contributed by atoms with E-state index in [9.17, 15) is 8.78 Å². The van der Waals surface area contributed by atoms with Gasteiger partial charge in [0.1, 0.15) is 0 Å². The molecule has 0 bridgehead atoms. The summed E-state index contributed by atoms with van der Waals surface area (Å²) in [7, 11) is 0. The lowest BCUT2D eigenvalue weighted by molar-refractivity contribution is 0.124. The molecule has 1 fully saturated rings. The third-order valence-corrected chi connectivity index (χ3v) is 3.20. The van der Waals surface area contributed by atoms with Gasteiger partial charge in [-0.15, -0.1) is 0 Å². The van der Waals surface area contributed by atoms with Crippen molar-refractivity contribution in [3.05, 3.63) is 35.4 Å². The molecule has 2 nitrogen and oxygen atoms in total. The maximum Gasteiger partial charge on any atom is 0.163 e. The van der Waals surface area contributed by atoms with Crippen LogP contribution in [0.2, 0.25) is 0 Å². The van der Waals surface area contributed by atoms with E-state index in [0.29, 0.717) is 18.7 Å². The van der Waals surface area contributed by atoms with Crippen LogP contribution in [0.25, 0.3) is 0 Å². The van der Waals surface area contributed by atoms with Gasteiger partial charge in [-0.05, 0) is 31.7 Å². The summed E-state index contributed by atoms with van der Waals surface area (Å²) in [5.41, 5.74) is 0.359. The van der Waals surface area contributed by atoms with E-state index in [1.54, 1.807) is 6.07 Å². The van der Waals surface area contributed by atoms with Crippen LogP contribution in [0.3, 0.4) is 0 Å². The van der Waals surface area contributed by atoms with Gasteiger partial charge in [-0.1, -0.05) is 12.1 Å². The monoisotopic (exact) mass is 255 g/mol. The first-order valence-electron chi connectivity index (χ1n) is 6.43. The van der Waals surface area contributed by atoms with E-state index in [-0.39, 0.29) is 6.04 Å². The summed E-state index contributed by atoms with van der Waals surface area (Å²) in [6.07, 6.45) is 2.55. The minimum Gasteiger partial charge on any atom is -0.380 e. The molecule has 1 saturated carbocycles. The van der Waals surface area contributed by atoms with Gasteiger partial charge in [-0.2, -0.15) is 0 Å². The van der Waals surface area contributed by atoms with Gasteiger partial charge in [0.05, 0.1) is 6.61 Å². The molecule has 1 aromatic rings. The van der Waals surface area contributed by atoms with Crippen LogP contribution in [0.1, 0.15) is 31.4 Å². The molecule has 0 heterocycles. The molecule has 2 rings (SSSR count). The van der Waals surface area contributed by atoms with Crippen molar-refractivity contribution in [2.45, 2.75) is 25.8 Å². The summed E-state index contributed by atoms with van der Waals surface area (Å²) >= 11 is 0. The lowest BCUT2D eigenvalue weighted by Gasteiger charge is -2.15. The number of hydrogen-bond donors (Lipinski definition) is 1. The molecule has 1 atom stereocenters. The van der Waals surface area contributed by atoms with Crippen molar-refractivity contribution in [3.8, 4) is 0 Å². The maximum absolute atomic E-state index is 13.5. The molecule has 1 aliphatic carbocycles. The zero-order valence-corrected chi connectivity index (χ0v) is 10.6. The molecule has 0 amide bonds. The molecule has 1 unspecified atom stereocenters. The van der Waals surface area contributed by atoms with E-state index >= 15 is 0 Å². The number of halogens is 2. The molecule has 18 heavy (non-hydrogen) atoms.